The minimum Gasteiger partial charge on any atom is -0.496 e. The van der Waals surface area contributed by atoms with Gasteiger partial charge in [0.1, 0.15) is 5.75 Å². The summed E-state index contributed by atoms with van der Waals surface area (Å²) in [6.07, 6.45) is 0. The van der Waals surface area contributed by atoms with Gasteiger partial charge in [-0.05, 0) is 50.1 Å². The van der Waals surface area contributed by atoms with Gasteiger partial charge in [-0.1, -0.05) is 43.7 Å². The molecular weight excluding hydrogens is 260 g/mol. The third-order valence-electron chi connectivity index (χ3n) is 3.24. The normalized spacial score (nSPS) is 10.6. The zero-order valence-electron chi connectivity index (χ0n) is 13.9. The van der Waals surface area contributed by atoms with Gasteiger partial charge in [-0.25, -0.2) is 0 Å². The van der Waals surface area contributed by atoms with Crippen molar-refractivity contribution < 1.29 is 9.84 Å². The van der Waals surface area contributed by atoms with Gasteiger partial charge in [0, 0.05) is 5.56 Å². The maximum atomic E-state index is 10.1. The first kappa shape index (κ1) is 17.3. The maximum Gasteiger partial charge on any atom is 0.126 e. The number of hydrogen-bond acceptors (Lipinski definition) is 2. The quantitative estimate of drug-likeness (QED) is 0.867. The molecule has 0 aliphatic carbocycles. The third-order valence-corrected chi connectivity index (χ3v) is 3.24. The number of hydrogen-bond donors (Lipinski definition) is 1. The molecule has 2 aromatic rings. The highest BCUT2D eigenvalue weighted by atomic mass is 16.5. The van der Waals surface area contributed by atoms with Crippen LogP contribution in [0.15, 0.2) is 42.5 Å². The Balaban J connectivity index is 0.00000106. The zero-order valence-corrected chi connectivity index (χ0v) is 13.9. The summed E-state index contributed by atoms with van der Waals surface area (Å²) in [6, 6.07) is 14.0. The number of ether oxygens (including phenoxy) is 1. The van der Waals surface area contributed by atoms with Gasteiger partial charge >= 0.3 is 0 Å². The Bertz CT molecular complexity index is 580. The molecule has 21 heavy (non-hydrogen) atoms. The highest BCUT2D eigenvalue weighted by molar-refractivity contribution is 5.71. The molecule has 0 saturated carbocycles. The summed E-state index contributed by atoms with van der Waals surface area (Å²) in [4.78, 5) is 0. The molecule has 2 aromatic carbocycles. The highest BCUT2D eigenvalue weighted by Crippen LogP contribution is 2.33. The highest BCUT2D eigenvalue weighted by Gasteiger charge is 2.17. The molecule has 0 aliphatic heterocycles. The topological polar surface area (TPSA) is 29.5 Å². The van der Waals surface area contributed by atoms with E-state index in [-0.39, 0.29) is 0 Å². The van der Waals surface area contributed by atoms with Crippen LogP contribution in [0.5, 0.6) is 5.75 Å². The van der Waals surface area contributed by atoms with Crippen molar-refractivity contribution in [3.63, 3.8) is 0 Å². The van der Waals surface area contributed by atoms with Crippen LogP contribution in [0.25, 0.3) is 11.1 Å². The summed E-state index contributed by atoms with van der Waals surface area (Å²) in [5, 5.41) is 10.1. The molecule has 0 unspecified atom stereocenters. The van der Waals surface area contributed by atoms with E-state index in [1.807, 2.05) is 50.2 Å². The molecule has 0 aromatic heterocycles. The standard InChI is InChI=1S/C17H20O2.C2H6/c1-12-8-9-16(19-4)15(10-12)13-6-5-7-14(11-13)17(2,3)18;1-2/h5-11,18H,1-4H3;1-2H3. The Morgan fingerprint density at radius 1 is 1.00 bits per heavy atom. The molecule has 2 nitrogen and oxygen atoms in total. The van der Waals surface area contributed by atoms with Gasteiger partial charge < -0.3 is 9.84 Å². The minimum absolute atomic E-state index is 0.840. The van der Waals surface area contributed by atoms with Crippen molar-refractivity contribution in [2.75, 3.05) is 7.11 Å². The Morgan fingerprint density at radius 2 is 1.67 bits per heavy atom. The van der Waals surface area contributed by atoms with Crippen molar-refractivity contribution in [3.8, 4) is 16.9 Å². The van der Waals surface area contributed by atoms with E-state index in [4.69, 9.17) is 4.74 Å². The minimum atomic E-state index is -0.840. The summed E-state index contributed by atoms with van der Waals surface area (Å²) in [5.74, 6) is 0.846. The Morgan fingerprint density at radius 3 is 2.24 bits per heavy atom. The molecule has 0 amide bonds. The Kier molecular flexibility index (Phi) is 5.98. The summed E-state index contributed by atoms with van der Waals surface area (Å²) in [7, 11) is 1.67. The van der Waals surface area contributed by atoms with Gasteiger partial charge in [-0.15, -0.1) is 0 Å². The molecule has 0 bridgehead atoms. The smallest absolute Gasteiger partial charge is 0.126 e. The van der Waals surface area contributed by atoms with Crippen LogP contribution in [0.2, 0.25) is 0 Å². The van der Waals surface area contributed by atoms with E-state index in [2.05, 4.69) is 13.0 Å². The first-order valence-corrected chi connectivity index (χ1v) is 7.40. The molecule has 114 valence electrons. The fourth-order valence-corrected chi connectivity index (χ4v) is 2.11. The molecule has 0 saturated heterocycles. The number of methoxy groups -OCH3 is 1. The molecule has 0 spiro atoms. The molecule has 0 aliphatic rings. The largest absolute Gasteiger partial charge is 0.496 e. The van der Waals surface area contributed by atoms with E-state index >= 15 is 0 Å². The second kappa shape index (κ2) is 7.28. The van der Waals surface area contributed by atoms with Crippen LogP contribution >= 0.6 is 0 Å². The van der Waals surface area contributed by atoms with Crippen LogP contribution in [0, 0.1) is 6.92 Å². The lowest BCUT2D eigenvalue weighted by Gasteiger charge is -2.19. The fourth-order valence-electron chi connectivity index (χ4n) is 2.11. The van der Waals surface area contributed by atoms with E-state index in [1.54, 1.807) is 21.0 Å². The predicted octanol–water partition coefficient (Wildman–Crippen LogP) is 4.92. The Labute approximate surface area is 128 Å². The van der Waals surface area contributed by atoms with Crippen LogP contribution in [0.4, 0.5) is 0 Å². The number of aliphatic hydroxyl groups is 1. The van der Waals surface area contributed by atoms with Crippen molar-refractivity contribution >= 4 is 0 Å². The van der Waals surface area contributed by atoms with Crippen LogP contribution in [-0.4, -0.2) is 12.2 Å². The number of aryl methyl sites for hydroxylation is 1. The number of rotatable bonds is 3. The molecule has 2 heteroatoms. The van der Waals surface area contributed by atoms with E-state index < -0.39 is 5.60 Å². The second-order valence-corrected chi connectivity index (χ2v) is 5.34. The maximum absolute atomic E-state index is 10.1. The van der Waals surface area contributed by atoms with Crippen molar-refractivity contribution in [1.29, 1.82) is 0 Å². The molecule has 0 heterocycles. The lowest BCUT2D eigenvalue weighted by molar-refractivity contribution is 0.0786. The van der Waals surface area contributed by atoms with Crippen molar-refractivity contribution in [1.82, 2.24) is 0 Å². The first-order chi connectivity index (χ1) is 9.91. The fraction of sp³-hybridized carbons (Fsp3) is 0.368. The summed E-state index contributed by atoms with van der Waals surface area (Å²) in [6.45, 7) is 9.64. The molecular formula is C19H26O2. The van der Waals surface area contributed by atoms with Crippen LogP contribution in [0.3, 0.4) is 0 Å². The molecule has 0 atom stereocenters. The second-order valence-electron chi connectivity index (χ2n) is 5.34. The summed E-state index contributed by atoms with van der Waals surface area (Å²) < 4.78 is 5.42. The molecule has 1 N–H and O–H groups in total. The van der Waals surface area contributed by atoms with Crippen LogP contribution in [-0.2, 0) is 5.60 Å². The third kappa shape index (κ3) is 4.33. The lowest BCUT2D eigenvalue weighted by atomic mass is 9.93. The monoisotopic (exact) mass is 286 g/mol. The SMILES string of the molecule is CC.COc1ccc(C)cc1-c1cccc(C(C)(C)O)c1. The van der Waals surface area contributed by atoms with Crippen LogP contribution in [0.1, 0.15) is 38.8 Å². The van der Waals surface area contributed by atoms with E-state index in [0.717, 1.165) is 22.4 Å². The van der Waals surface area contributed by atoms with Gasteiger partial charge in [0.2, 0.25) is 0 Å². The lowest BCUT2D eigenvalue weighted by Crippen LogP contribution is -2.15. The molecule has 0 fully saturated rings. The van der Waals surface area contributed by atoms with Crippen LogP contribution < -0.4 is 4.74 Å². The average molecular weight is 286 g/mol. The van der Waals surface area contributed by atoms with Gasteiger partial charge in [-0.2, -0.15) is 0 Å². The average Bonchev–Trinajstić information content (AvgIpc) is 2.48. The van der Waals surface area contributed by atoms with Crippen molar-refractivity contribution in [2.45, 2.75) is 40.2 Å². The van der Waals surface area contributed by atoms with Gasteiger partial charge in [0.25, 0.3) is 0 Å². The zero-order chi connectivity index (χ0) is 16.0. The molecule has 2 rings (SSSR count). The van der Waals surface area contributed by atoms with Crippen molar-refractivity contribution in [2.24, 2.45) is 0 Å². The van der Waals surface area contributed by atoms with Gasteiger partial charge in [0.05, 0.1) is 12.7 Å². The first-order valence-electron chi connectivity index (χ1n) is 7.40. The van der Waals surface area contributed by atoms with Crippen molar-refractivity contribution in [3.05, 3.63) is 53.6 Å². The van der Waals surface area contributed by atoms with Gasteiger partial charge in [0.15, 0.2) is 0 Å². The van der Waals surface area contributed by atoms with E-state index in [1.165, 1.54) is 5.56 Å². The van der Waals surface area contributed by atoms with E-state index in [9.17, 15) is 5.11 Å². The summed E-state index contributed by atoms with van der Waals surface area (Å²) >= 11 is 0. The molecule has 0 radical (unpaired) electrons. The predicted molar refractivity (Wildman–Crippen MR) is 89.8 cm³/mol. The number of benzene rings is 2. The Hall–Kier alpha value is -1.80. The van der Waals surface area contributed by atoms with Gasteiger partial charge in [-0.3, -0.25) is 0 Å². The van der Waals surface area contributed by atoms with E-state index in [0.29, 0.717) is 0 Å². The summed E-state index contributed by atoms with van der Waals surface area (Å²) in [5.41, 5.74) is 3.35.